The van der Waals surface area contributed by atoms with Crippen LogP contribution >= 0.6 is 0 Å². The first-order valence-corrected chi connectivity index (χ1v) is 12.8. The Bertz CT molecular complexity index is 1830. The summed E-state index contributed by atoms with van der Waals surface area (Å²) in [5, 5.41) is 12.1. The summed E-state index contributed by atoms with van der Waals surface area (Å²) >= 11 is 0. The van der Waals surface area contributed by atoms with Gasteiger partial charge in [-0.2, -0.15) is 0 Å². The van der Waals surface area contributed by atoms with E-state index in [1.807, 2.05) is 66.9 Å². The van der Waals surface area contributed by atoms with E-state index in [1.54, 1.807) is 0 Å². The molecular weight excluding hydrogens is 466 g/mol. The summed E-state index contributed by atoms with van der Waals surface area (Å²) in [5.74, 6) is 1.10. The molecule has 4 nitrogen and oxygen atoms in total. The van der Waals surface area contributed by atoms with Crippen molar-refractivity contribution in [2.24, 2.45) is 0 Å². The van der Waals surface area contributed by atoms with Gasteiger partial charge in [-0.3, -0.25) is 4.90 Å². The number of pyridine rings is 2. The molecule has 0 bridgehead atoms. The molecule has 1 N–H and O–H groups in total. The number of phenols is 1. The Kier molecular flexibility index (Phi) is 5.19. The number of phenolic OH excluding ortho intramolecular Hbond substituents is 1. The highest BCUT2D eigenvalue weighted by molar-refractivity contribution is 5.93. The summed E-state index contributed by atoms with van der Waals surface area (Å²) in [4.78, 5) is 11.9. The van der Waals surface area contributed by atoms with Crippen LogP contribution in [0.5, 0.6) is 5.75 Å². The number of aromatic hydroxyl groups is 1. The molecule has 0 aliphatic carbocycles. The Morgan fingerprint density at radius 3 is 2.37 bits per heavy atom. The van der Waals surface area contributed by atoms with Gasteiger partial charge in [0, 0.05) is 29.1 Å². The van der Waals surface area contributed by atoms with E-state index >= 15 is 0 Å². The molecule has 0 saturated heterocycles. The number of benzene rings is 4. The smallest absolute Gasteiger partial charge is 0.149 e. The van der Waals surface area contributed by atoms with Gasteiger partial charge in [-0.1, -0.05) is 72.8 Å². The molecule has 0 spiro atoms. The highest BCUT2D eigenvalue weighted by Crippen LogP contribution is 2.45. The lowest BCUT2D eigenvalue weighted by Gasteiger charge is -2.33. The third-order valence-electron chi connectivity index (χ3n) is 7.29. The lowest BCUT2D eigenvalue weighted by atomic mass is 9.93. The number of hydrogen-bond donors (Lipinski definition) is 1. The van der Waals surface area contributed by atoms with Gasteiger partial charge in [0.1, 0.15) is 17.1 Å². The van der Waals surface area contributed by atoms with E-state index in [0.29, 0.717) is 5.52 Å². The Hall–Kier alpha value is -4.96. The van der Waals surface area contributed by atoms with Crippen molar-refractivity contribution in [3.05, 3.63) is 132 Å². The Labute approximate surface area is 221 Å². The predicted molar refractivity (Wildman–Crippen MR) is 154 cm³/mol. The van der Waals surface area contributed by atoms with Crippen LogP contribution in [0.2, 0.25) is 0 Å². The Morgan fingerprint density at radius 1 is 0.711 bits per heavy atom. The molecule has 0 fully saturated rings. The molecule has 0 unspecified atom stereocenters. The second-order valence-corrected chi connectivity index (χ2v) is 9.77. The van der Waals surface area contributed by atoms with Gasteiger partial charge in [0.15, 0.2) is 0 Å². The van der Waals surface area contributed by atoms with Crippen LogP contribution in [0, 0.1) is 6.92 Å². The molecule has 7 rings (SSSR count). The molecule has 38 heavy (non-hydrogen) atoms. The molecule has 0 saturated carbocycles. The average Bonchev–Trinajstić information content (AvgIpc) is 2.96. The fourth-order valence-electron chi connectivity index (χ4n) is 5.37. The molecule has 0 amide bonds. The van der Waals surface area contributed by atoms with Crippen molar-refractivity contribution in [2.45, 2.75) is 13.3 Å². The van der Waals surface area contributed by atoms with Crippen LogP contribution in [0.15, 0.2) is 115 Å². The quantitative estimate of drug-likeness (QED) is 0.270. The van der Waals surface area contributed by atoms with Crippen molar-refractivity contribution in [3.8, 4) is 28.1 Å². The normalized spacial score (nSPS) is 12.3. The summed E-state index contributed by atoms with van der Waals surface area (Å²) < 4.78 is 0. The molecule has 4 aromatic carbocycles. The summed E-state index contributed by atoms with van der Waals surface area (Å²) in [5.41, 5.74) is 10.1. The third-order valence-corrected chi connectivity index (χ3v) is 7.29. The number of nitrogens with zero attached hydrogens (tertiary/aromatic N) is 3. The predicted octanol–water partition coefficient (Wildman–Crippen LogP) is 8.35. The summed E-state index contributed by atoms with van der Waals surface area (Å²) in [6.45, 7) is 2.09. The molecule has 3 heterocycles. The minimum absolute atomic E-state index is 0.202. The van der Waals surface area contributed by atoms with Gasteiger partial charge in [0.25, 0.3) is 0 Å². The molecule has 1 aliphatic rings. The van der Waals surface area contributed by atoms with Gasteiger partial charge in [0.2, 0.25) is 0 Å². The van der Waals surface area contributed by atoms with Crippen LogP contribution in [0.3, 0.4) is 0 Å². The van der Waals surface area contributed by atoms with E-state index in [4.69, 9.17) is 9.97 Å². The van der Waals surface area contributed by atoms with Gasteiger partial charge in [-0.25, -0.2) is 9.97 Å². The SMILES string of the molecule is Cc1ccnc(N2c3ccccc3Cc3ccc(-c4ccc5ccc(-c6ccccc6)c(O)c5n4)cc32)c1. The molecule has 1 aliphatic heterocycles. The number of para-hydroxylation sites is 1. The van der Waals surface area contributed by atoms with Crippen molar-refractivity contribution in [3.63, 3.8) is 0 Å². The number of anilines is 3. The van der Waals surface area contributed by atoms with E-state index in [9.17, 15) is 5.11 Å². The molecule has 182 valence electrons. The van der Waals surface area contributed by atoms with Crippen LogP contribution in [0.25, 0.3) is 33.3 Å². The van der Waals surface area contributed by atoms with E-state index in [-0.39, 0.29) is 5.75 Å². The first kappa shape index (κ1) is 22.3. The zero-order valence-corrected chi connectivity index (χ0v) is 21.0. The molecule has 0 radical (unpaired) electrons. The van der Waals surface area contributed by atoms with E-state index in [2.05, 4.69) is 60.4 Å². The number of fused-ring (bicyclic) bond motifs is 3. The highest BCUT2D eigenvalue weighted by atomic mass is 16.3. The minimum atomic E-state index is 0.202. The fourth-order valence-corrected chi connectivity index (χ4v) is 5.37. The Balaban J connectivity index is 1.38. The maximum atomic E-state index is 11.2. The van der Waals surface area contributed by atoms with Crippen LogP contribution in [0.1, 0.15) is 16.7 Å². The van der Waals surface area contributed by atoms with Gasteiger partial charge in [-0.15, -0.1) is 0 Å². The maximum Gasteiger partial charge on any atom is 0.149 e. The third kappa shape index (κ3) is 3.70. The maximum absolute atomic E-state index is 11.2. The zero-order chi connectivity index (χ0) is 25.6. The van der Waals surface area contributed by atoms with Crippen molar-refractivity contribution < 1.29 is 5.11 Å². The zero-order valence-electron chi connectivity index (χ0n) is 21.0. The van der Waals surface area contributed by atoms with Crippen molar-refractivity contribution in [1.29, 1.82) is 0 Å². The van der Waals surface area contributed by atoms with E-state index in [1.165, 1.54) is 11.1 Å². The number of aryl methyl sites for hydroxylation is 1. The van der Waals surface area contributed by atoms with E-state index < -0.39 is 0 Å². The lowest BCUT2D eigenvalue weighted by molar-refractivity contribution is 0.482. The molecular formula is C34H25N3O. The van der Waals surface area contributed by atoms with Gasteiger partial charge >= 0.3 is 0 Å². The first-order valence-electron chi connectivity index (χ1n) is 12.8. The number of hydrogen-bond acceptors (Lipinski definition) is 4. The average molecular weight is 492 g/mol. The van der Waals surface area contributed by atoms with Crippen LogP contribution < -0.4 is 4.90 Å². The monoisotopic (exact) mass is 491 g/mol. The van der Waals surface area contributed by atoms with Gasteiger partial charge in [-0.05, 0) is 65.6 Å². The van der Waals surface area contributed by atoms with Crippen molar-refractivity contribution in [2.75, 3.05) is 4.90 Å². The van der Waals surface area contributed by atoms with Crippen molar-refractivity contribution in [1.82, 2.24) is 9.97 Å². The van der Waals surface area contributed by atoms with Gasteiger partial charge in [0.05, 0.1) is 17.1 Å². The summed E-state index contributed by atoms with van der Waals surface area (Å²) in [6.07, 6.45) is 2.73. The lowest BCUT2D eigenvalue weighted by Crippen LogP contribution is -2.19. The van der Waals surface area contributed by atoms with Crippen LogP contribution in [-0.4, -0.2) is 15.1 Å². The largest absolute Gasteiger partial charge is 0.505 e. The molecule has 0 atom stereocenters. The molecule has 4 heteroatoms. The first-order chi connectivity index (χ1) is 18.7. The van der Waals surface area contributed by atoms with Crippen LogP contribution in [0.4, 0.5) is 17.2 Å². The number of aromatic nitrogens is 2. The topological polar surface area (TPSA) is 49.2 Å². The highest BCUT2D eigenvalue weighted by Gasteiger charge is 2.25. The van der Waals surface area contributed by atoms with Crippen molar-refractivity contribution >= 4 is 28.1 Å². The molecule has 2 aromatic heterocycles. The van der Waals surface area contributed by atoms with Crippen LogP contribution in [-0.2, 0) is 6.42 Å². The summed E-state index contributed by atoms with van der Waals surface area (Å²) in [6, 6.07) is 37.1. The van der Waals surface area contributed by atoms with E-state index in [0.717, 1.165) is 56.9 Å². The molecule has 6 aromatic rings. The second kappa shape index (κ2) is 8.86. The summed E-state index contributed by atoms with van der Waals surface area (Å²) in [7, 11) is 0. The fraction of sp³-hybridized carbons (Fsp3) is 0.0588. The Morgan fingerprint density at radius 2 is 1.50 bits per heavy atom. The second-order valence-electron chi connectivity index (χ2n) is 9.77. The number of rotatable bonds is 3. The minimum Gasteiger partial charge on any atom is -0.505 e. The standard InChI is InChI=1S/C34H25N3O/c1-22-17-18-35-32(19-22)37-30-10-6-5-9-26(30)20-27-12-11-25(21-31(27)37)29-16-14-24-13-15-28(34(38)33(24)36-29)23-7-3-2-4-8-23/h2-19,21,38H,20H2,1H3. The van der Waals surface area contributed by atoms with Gasteiger partial charge < -0.3 is 5.11 Å².